The second kappa shape index (κ2) is 7.33. The minimum atomic E-state index is -4.54. The van der Waals surface area contributed by atoms with Crippen molar-refractivity contribution >= 4 is 32.6 Å². The first kappa shape index (κ1) is 20.9. The van der Waals surface area contributed by atoms with E-state index < -0.39 is 32.2 Å². The van der Waals surface area contributed by atoms with Gasteiger partial charge in [0.05, 0.1) is 16.8 Å². The molecular formula is C18H18N2O7S. The van der Waals surface area contributed by atoms with Crippen LogP contribution in [0.15, 0.2) is 58.2 Å². The number of carboxylic acids is 1. The molecule has 0 amide bonds. The highest BCUT2D eigenvalue weighted by Crippen LogP contribution is 2.32. The zero-order valence-corrected chi connectivity index (χ0v) is 15.8. The molecule has 0 aliphatic rings. The SMILES string of the molecule is CN(c1ccccc1C(=O)O)S(=O)(=O)c1c(O)c2ccccc2n(C)c1=O.O. The first-order valence-electron chi connectivity index (χ1n) is 7.80. The highest BCUT2D eigenvalue weighted by atomic mass is 32.2. The molecule has 4 N–H and O–H groups in total. The molecular weight excluding hydrogens is 388 g/mol. The predicted octanol–water partition coefficient (Wildman–Crippen LogP) is 0.943. The van der Waals surface area contributed by atoms with Crippen molar-refractivity contribution in [3.8, 4) is 5.75 Å². The molecule has 0 unspecified atom stereocenters. The fraction of sp³-hybridized carbons (Fsp3) is 0.111. The smallest absolute Gasteiger partial charge is 0.337 e. The highest BCUT2D eigenvalue weighted by Gasteiger charge is 2.32. The molecule has 10 heteroatoms. The van der Waals surface area contributed by atoms with Crippen molar-refractivity contribution in [2.75, 3.05) is 11.4 Å². The summed E-state index contributed by atoms with van der Waals surface area (Å²) in [7, 11) is -2.01. The molecule has 3 aromatic rings. The number of para-hydroxylation sites is 2. The van der Waals surface area contributed by atoms with Gasteiger partial charge in [-0.05, 0) is 24.3 Å². The van der Waals surface area contributed by atoms with Crippen molar-refractivity contribution in [3.05, 3.63) is 64.4 Å². The van der Waals surface area contributed by atoms with Gasteiger partial charge in [0, 0.05) is 19.5 Å². The second-order valence-electron chi connectivity index (χ2n) is 5.85. The van der Waals surface area contributed by atoms with Crippen LogP contribution in [0, 0.1) is 0 Å². The van der Waals surface area contributed by atoms with E-state index in [1.807, 2.05) is 0 Å². The number of rotatable bonds is 4. The summed E-state index contributed by atoms with van der Waals surface area (Å²) in [4.78, 5) is 23.3. The predicted molar refractivity (Wildman–Crippen MR) is 103 cm³/mol. The summed E-state index contributed by atoms with van der Waals surface area (Å²) in [5, 5.41) is 20.0. The molecule has 1 heterocycles. The van der Waals surface area contributed by atoms with Crippen molar-refractivity contribution in [1.29, 1.82) is 0 Å². The molecule has 0 fully saturated rings. The fourth-order valence-electron chi connectivity index (χ4n) is 2.88. The van der Waals surface area contributed by atoms with E-state index in [1.165, 1.54) is 37.4 Å². The average Bonchev–Trinajstić information content (AvgIpc) is 2.65. The van der Waals surface area contributed by atoms with Crippen LogP contribution in [-0.2, 0) is 17.1 Å². The summed E-state index contributed by atoms with van der Waals surface area (Å²) in [6.45, 7) is 0. The zero-order chi connectivity index (χ0) is 19.9. The van der Waals surface area contributed by atoms with Gasteiger partial charge >= 0.3 is 5.97 Å². The molecule has 9 nitrogen and oxygen atoms in total. The van der Waals surface area contributed by atoms with Gasteiger partial charge in [-0.15, -0.1) is 0 Å². The van der Waals surface area contributed by atoms with E-state index in [0.717, 1.165) is 11.6 Å². The Hall–Kier alpha value is -3.37. The monoisotopic (exact) mass is 406 g/mol. The third kappa shape index (κ3) is 3.08. The number of nitrogens with zero attached hydrogens (tertiary/aromatic N) is 2. The van der Waals surface area contributed by atoms with E-state index in [9.17, 15) is 28.2 Å². The van der Waals surface area contributed by atoms with Crippen LogP contribution in [0.4, 0.5) is 5.69 Å². The van der Waals surface area contributed by atoms with Crippen LogP contribution < -0.4 is 9.86 Å². The lowest BCUT2D eigenvalue weighted by molar-refractivity contribution is 0.0698. The second-order valence-corrected chi connectivity index (χ2v) is 7.76. The highest BCUT2D eigenvalue weighted by molar-refractivity contribution is 7.92. The van der Waals surface area contributed by atoms with Gasteiger partial charge in [-0.3, -0.25) is 9.10 Å². The molecule has 0 saturated carbocycles. The molecule has 0 radical (unpaired) electrons. The normalized spacial score (nSPS) is 11.1. The van der Waals surface area contributed by atoms with E-state index in [4.69, 9.17) is 0 Å². The number of fused-ring (bicyclic) bond motifs is 1. The molecule has 148 valence electrons. The largest absolute Gasteiger partial charge is 0.506 e. The number of aromatic hydroxyl groups is 1. The van der Waals surface area contributed by atoms with Gasteiger partial charge in [0.15, 0.2) is 10.6 Å². The Balaban J connectivity index is 0.00000280. The first-order chi connectivity index (χ1) is 12.7. The Kier molecular flexibility index (Phi) is 5.48. The van der Waals surface area contributed by atoms with Gasteiger partial charge in [0.2, 0.25) is 0 Å². The number of carboxylic acid groups (broad SMARTS) is 1. The molecule has 0 spiro atoms. The Labute approximate surface area is 160 Å². The summed E-state index contributed by atoms with van der Waals surface area (Å²) < 4.78 is 28.0. The summed E-state index contributed by atoms with van der Waals surface area (Å²) in [5.41, 5.74) is -0.918. The summed E-state index contributed by atoms with van der Waals surface area (Å²) >= 11 is 0. The van der Waals surface area contributed by atoms with Crippen LogP contribution in [0.3, 0.4) is 0 Å². The number of aromatic nitrogens is 1. The number of anilines is 1. The topological polar surface area (TPSA) is 148 Å². The van der Waals surface area contributed by atoms with Crippen LogP contribution in [-0.4, -0.2) is 41.7 Å². The fourth-order valence-corrected chi connectivity index (χ4v) is 4.28. The van der Waals surface area contributed by atoms with Crippen molar-refractivity contribution < 1.29 is 28.9 Å². The maximum atomic E-state index is 13.1. The number of pyridine rings is 1. The van der Waals surface area contributed by atoms with Gasteiger partial charge in [-0.2, -0.15) is 0 Å². The molecule has 0 aliphatic heterocycles. The summed E-state index contributed by atoms with van der Waals surface area (Å²) in [6, 6.07) is 11.8. The molecule has 0 saturated heterocycles. The van der Waals surface area contributed by atoms with Crippen LogP contribution in [0.5, 0.6) is 5.75 Å². The minimum Gasteiger partial charge on any atom is -0.506 e. The first-order valence-corrected chi connectivity index (χ1v) is 9.24. The number of hydrogen-bond donors (Lipinski definition) is 2. The molecule has 28 heavy (non-hydrogen) atoms. The van der Waals surface area contributed by atoms with Gasteiger partial charge in [0.1, 0.15) is 0 Å². The third-order valence-corrected chi connectivity index (χ3v) is 6.13. The molecule has 2 aromatic carbocycles. The summed E-state index contributed by atoms with van der Waals surface area (Å²) in [6.07, 6.45) is 0. The van der Waals surface area contributed by atoms with Gasteiger partial charge in [-0.1, -0.05) is 24.3 Å². The number of sulfonamides is 1. The van der Waals surface area contributed by atoms with E-state index in [-0.39, 0.29) is 22.1 Å². The Morgan fingerprint density at radius 2 is 1.64 bits per heavy atom. The molecule has 3 rings (SSSR count). The van der Waals surface area contributed by atoms with E-state index in [1.54, 1.807) is 18.2 Å². The van der Waals surface area contributed by atoms with Gasteiger partial charge in [0.25, 0.3) is 15.6 Å². The van der Waals surface area contributed by atoms with E-state index in [0.29, 0.717) is 9.82 Å². The van der Waals surface area contributed by atoms with Gasteiger partial charge < -0.3 is 20.3 Å². The lowest BCUT2D eigenvalue weighted by Crippen LogP contribution is -2.34. The number of aromatic carboxylic acids is 1. The van der Waals surface area contributed by atoms with Crippen LogP contribution in [0.2, 0.25) is 0 Å². The zero-order valence-electron chi connectivity index (χ0n) is 14.9. The van der Waals surface area contributed by atoms with Crippen molar-refractivity contribution in [3.63, 3.8) is 0 Å². The minimum absolute atomic E-state index is 0. The molecule has 0 bridgehead atoms. The number of benzene rings is 2. The molecule has 0 atom stereocenters. The number of carbonyl (C=O) groups is 1. The maximum Gasteiger partial charge on any atom is 0.337 e. The van der Waals surface area contributed by atoms with Gasteiger partial charge in [-0.25, -0.2) is 13.2 Å². The van der Waals surface area contributed by atoms with Crippen molar-refractivity contribution in [2.24, 2.45) is 7.05 Å². The third-order valence-electron chi connectivity index (χ3n) is 4.33. The van der Waals surface area contributed by atoms with Crippen molar-refractivity contribution in [1.82, 2.24) is 4.57 Å². The maximum absolute atomic E-state index is 13.1. The average molecular weight is 406 g/mol. The van der Waals surface area contributed by atoms with Crippen LogP contribution in [0.25, 0.3) is 10.9 Å². The lowest BCUT2D eigenvalue weighted by atomic mass is 10.2. The number of aryl methyl sites for hydroxylation is 1. The van der Waals surface area contributed by atoms with Crippen molar-refractivity contribution in [2.45, 2.75) is 4.90 Å². The van der Waals surface area contributed by atoms with Crippen LogP contribution >= 0.6 is 0 Å². The Bertz CT molecular complexity index is 1230. The lowest BCUT2D eigenvalue weighted by Gasteiger charge is -2.22. The van der Waals surface area contributed by atoms with E-state index >= 15 is 0 Å². The standard InChI is InChI=1S/C18H16N2O6S.H2O/c1-19-13-9-5-3-7-11(13)15(21)16(17(19)22)27(25,26)20(2)14-10-6-4-8-12(14)18(23)24;/h3-10,21H,1-2H3,(H,23,24);1H2. The quantitative estimate of drug-likeness (QED) is 0.659. The Morgan fingerprint density at radius 1 is 1.07 bits per heavy atom. The van der Waals surface area contributed by atoms with Crippen LogP contribution in [0.1, 0.15) is 10.4 Å². The molecule has 0 aliphatic carbocycles. The summed E-state index contributed by atoms with van der Waals surface area (Å²) in [5.74, 6) is -1.99. The number of hydrogen-bond acceptors (Lipinski definition) is 5. The molecule has 1 aromatic heterocycles. The van der Waals surface area contributed by atoms with E-state index in [2.05, 4.69) is 0 Å². The Morgan fingerprint density at radius 3 is 2.29 bits per heavy atom.